The Morgan fingerprint density at radius 2 is 1.85 bits per heavy atom. The quantitative estimate of drug-likeness (QED) is 0.868. The highest BCUT2D eigenvalue weighted by atomic mass is 79.9. The van der Waals surface area contributed by atoms with Crippen molar-refractivity contribution in [3.63, 3.8) is 0 Å². The molecule has 1 aromatic rings. The summed E-state index contributed by atoms with van der Waals surface area (Å²) in [7, 11) is -6.61. The molecule has 1 saturated heterocycles. The average Bonchev–Trinajstić information content (AvgIpc) is 2.33. The maximum Gasteiger partial charge on any atom is 0.235 e. The van der Waals surface area contributed by atoms with Crippen molar-refractivity contribution in [1.29, 1.82) is 0 Å². The number of sulfone groups is 1. The fourth-order valence-corrected chi connectivity index (χ4v) is 5.73. The van der Waals surface area contributed by atoms with Crippen molar-refractivity contribution in [1.82, 2.24) is 0 Å². The summed E-state index contributed by atoms with van der Waals surface area (Å²) < 4.78 is 50.5. The van der Waals surface area contributed by atoms with Gasteiger partial charge in [-0.15, -0.1) is 0 Å². The first-order valence-electron chi connectivity index (χ1n) is 6.18. The van der Waals surface area contributed by atoms with Crippen LogP contribution in [0.5, 0.6) is 0 Å². The number of halogens is 1. The molecule has 1 aromatic carbocycles. The summed E-state index contributed by atoms with van der Waals surface area (Å²) in [5.41, 5.74) is 1.49. The highest BCUT2D eigenvalue weighted by molar-refractivity contribution is 9.10. The lowest BCUT2D eigenvalue weighted by molar-refractivity contribution is 0.555. The normalized spacial score (nSPS) is 19.7. The van der Waals surface area contributed by atoms with Gasteiger partial charge in [0.2, 0.25) is 10.0 Å². The smallest absolute Gasteiger partial charge is 0.235 e. The molecular weight excluding hydrogens is 366 g/mol. The van der Waals surface area contributed by atoms with E-state index in [1.54, 1.807) is 12.1 Å². The number of hydrogen-bond acceptors (Lipinski definition) is 4. The first-order chi connectivity index (χ1) is 9.20. The zero-order valence-electron chi connectivity index (χ0n) is 11.0. The maximum absolute atomic E-state index is 12.2. The molecule has 0 aliphatic carbocycles. The Morgan fingerprint density at radius 1 is 1.25 bits per heavy atom. The lowest BCUT2D eigenvalue weighted by atomic mass is 10.2. The third-order valence-electron chi connectivity index (χ3n) is 3.37. The van der Waals surface area contributed by atoms with Crippen LogP contribution >= 0.6 is 15.9 Å². The Kier molecular flexibility index (Phi) is 4.46. The summed E-state index contributed by atoms with van der Waals surface area (Å²) in [4.78, 5) is 0. The summed E-state index contributed by atoms with van der Waals surface area (Å²) in [6.07, 6.45) is 0.315. The Labute approximate surface area is 127 Å². The molecule has 1 aliphatic heterocycles. The molecule has 1 aliphatic rings. The summed E-state index contributed by atoms with van der Waals surface area (Å²) in [5.74, 6) is -0.119. The molecule has 1 fully saturated rings. The molecule has 0 unspecified atom stereocenters. The van der Waals surface area contributed by atoms with Crippen molar-refractivity contribution in [3.05, 3.63) is 28.2 Å². The van der Waals surface area contributed by atoms with Gasteiger partial charge in [-0.1, -0.05) is 22.0 Å². The van der Waals surface area contributed by atoms with Gasteiger partial charge in [-0.25, -0.2) is 16.8 Å². The maximum atomic E-state index is 12.2. The van der Waals surface area contributed by atoms with Crippen LogP contribution in [0.1, 0.15) is 18.4 Å². The van der Waals surface area contributed by atoms with Crippen LogP contribution in [0.4, 0.5) is 5.69 Å². The van der Waals surface area contributed by atoms with Crippen LogP contribution in [-0.4, -0.2) is 33.6 Å². The van der Waals surface area contributed by atoms with Crippen molar-refractivity contribution < 1.29 is 16.8 Å². The second-order valence-corrected chi connectivity index (χ2v) is 10.1. The van der Waals surface area contributed by atoms with E-state index in [1.807, 2.05) is 13.0 Å². The number of sulfonamides is 1. The van der Waals surface area contributed by atoms with Gasteiger partial charge in [0.05, 0.1) is 16.8 Å². The lowest BCUT2D eigenvalue weighted by Gasteiger charge is -2.22. The van der Waals surface area contributed by atoms with Crippen LogP contribution in [-0.2, 0) is 19.9 Å². The van der Waals surface area contributed by atoms with Crippen LogP contribution in [0.15, 0.2) is 22.7 Å². The van der Waals surface area contributed by atoms with E-state index in [9.17, 15) is 16.8 Å². The first-order valence-corrected chi connectivity index (χ1v) is 10.3. The van der Waals surface area contributed by atoms with Crippen molar-refractivity contribution >= 4 is 41.5 Å². The van der Waals surface area contributed by atoms with Crippen LogP contribution in [0.25, 0.3) is 0 Å². The number of benzene rings is 1. The molecular formula is C12H16BrNO4S2. The highest BCUT2D eigenvalue weighted by Gasteiger charge is 2.32. The van der Waals surface area contributed by atoms with Crippen LogP contribution in [0, 0.1) is 6.92 Å². The molecule has 0 radical (unpaired) electrons. The second kappa shape index (κ2) is 5.65. The third-order valence-corrected chi connectivity index (χ3v) is 7.81. The number of anilines is 1. The van der Waals surface area contributed by atoms with Crippen LogP contribution in [0.3, 0.4) is 0 Å². The molecule has 0 bridgehead atoms. The molecule has 2 rings (SSSR count). The molecule has 0 spiro atoms. The number of nitrogens with one attached hydrogen (secondary N) is 1. The van der Waals surface area contributed by atoms with E-state index in [0.29, 0.717) is 5.69 Å². The van der Waals surface area contributed by atoms with Gasteiger partial charge in [0, 0.05) is 10.2 Å². The molecule has 112 valence electrons. The van der Waals surface area contributed by atoms with Gasteiger partial charge < -0.3 is 0 Å². The van der Waals surface area contributed by atoms with Crippen LogP contribution in [0.2, 0.25) is 0 Å². The predicted molar refractivity (Wildman–Crippen MR) is 83.1 cm³/mol. The Hall–Kier alpha value is -0.600. The van der Waals surface area contributed by atoms with Gasteiger partial charge in [0.1, 0.15) is 9.84 Å². The topological polar surface area (TPSA) is 80.3 Å². The zero-order valence-corrected chi connectivity index (χ0v) is 14.2. The fourth-order valence-electron chi connectivity index (χ4n) is 2.08. The van der Waals surface area contributed by atoms with Gasteiger partial charge in [-0.3, -0.25) is 4.72 Å². The van der Waals surface area contributed by atoms with Gasteiger partial charge in [0.25, 0.3) is 0 Å². The van der Waals surface area contributed by atoms with Gasteiger partial charge in [-0.2, -0.15) is 0 Å². The summed E-state index contributed by atoms with van der Waals surface area (Å²) in [5, 5.41) is -0.647. The Bertz CT molecular complexity index is 699. The first kappa shape index (κ1) is 15.8. The van der Waals surface area contributed by atoms with Crippen molar-refractivity contribution in [2.24, 2.45) is 0 Å². The van der Waals surface area contributed by atoms with E-state index in [0.717, 1.165) is 10.0 Å². The van der Waals surface area contributed by atoms with E-state index >= 15 is 0 Å². The summed E-state index contributed by atoms with van der Waals surface area (Å²) >= 11 is 3.35. The highest BCUT2D eigenvalue weighted by Crippen LogP contribution is 2.25. The molecule has 20 heavy (non-hydrogen) atoms. The molecule has 0 aromatic heterocycles. The van der Waals surface area contributed by atoms with Gasteiger partial charge in [0.15, 0.2) is 0 Å². The minimum atomic E-state index is -3.55. The minimum Gasteiger partial charge on any atom is -0.283 e. The largest absolute Gasteiger partial charge is 0.283 e. The summed E-state index contributed by atoms with van der Waals surface area (Å²) in [6.45, 7) is 1.91. The Morgan fingerprint density at radius 3 is 2.40 bits per heavy atom. The average molecular weight is 382 g/mol. The molecule has 0 amide bonds. The monoisotopic (exact) mass is 381 g/mol. The lowest BCUT2D eigenvalue weighted by Crippen LogP contribution is -2.36. The van der Waals surface area contributed by atoms with E-state index in [2.05, 4.69) is 20.7 Å². The summed E-state index contributed by atoms with van der Waals surface area (Å²) in [6, 6.07) is 5.21. The molecule has 1 heterocycles. The van der Waals surface area contributed by atoms with Gasteiger partial charge in [-0.05, 0) is 37.5 Å². The van der Waals surface area contributed by atoms with Crippen LogP contribution < -0.4 is 4.72 Å². The molecule has 8 heteroatoms. The molecule has 5 nitrogen and oxygen atoms in total. The molecule has 1 N–H and O–H groups in total. The van der Waals surface area contributed by atoms with Gasteiger partial charge >= 0.3 is 0 Å². The number of aryl methyl sites for hydroxylation is 1. The fraction of sp³-hybridized carbons (Fsp3) is 0.500. The van der Waals surface area contributed by atoms with E-state index in [-0.39, 0.29) is 24.3 Å². The minimum absolute atomic E-state index is 0.0594. The van der Waals surface area contributed by atoms with Crippen molar-refractivity contribution in [2.75, 3.05) is 16.2 Å². The van der Waals surface area contributed by atoms with Crippen molar-refractivity contribution in [3.8, 4) is 0 Å². The predicted octanol–water partition coefficient (Wildman–Crippen LogP) is 2.08. The third kappa shape index (κ3) is 3.73. The van der Waals surface area contributed by atoms with Crippen molar-refractivity contribution in [2.45, 2.75) is 25.0 Å². The van der Waals surface area contributed by atoms with E-state index in [1.165, 1.54) is 0 Å². The number of rotatable bonds is 3. The molecule has 0 saturated carbocycles. The standard InChI is InChI=1S/C12H16BrNO4S2/c1-9-2-3-10(8-12(9)13)14-20(17,18)11-4-6-19(15,16)7-5-11/h2-3,8,11,14H,4-7H2,1H3. The van der Waals surface area contributed by atoms with E-state index < -0.39 is 25.1 Å². The Balaban J connectivity index is 2.13. The van der Waals surface area contributed by atoms with E-state index in [4.69, 9.17) is 0 Å². The zero-order chi connectivity index (χ0) is 15.0. The SMILES string of the molecule is Cc1ccc(NS(=O)(=O)C2CCS(=O)(=O)CC2)cc1Br. The molecule has 0 atom stereocenters. The second-order valence-electron chi connectivity index (χ2n) is 4.96. The number of hydrogen-bond donors (Lipinski definition) is 1.